The minimum absolute atomic E-state index is 0. The molecule has 13 nitrogen and oxygen atoms in total. The van der Waals surface area contributed by atoms with E-state index in [2.05, 4.69) is 20.4 Å². The Morgan fingerprint density at radius 1 is 1.18 bits per heavy atom. The number of aliphatic carboxylic acids is 1. The summed E-state index contributed by atoms with van der Waals surface area (Å²) in [5.41, 5.74) is 2.26. The monoisotopic (exact) mass is 657 g/mol. The molecular weight excluding hydrogens is 629 g/mol. The Morgan fingerprint density at radius 3 is 2.64 bits per heavy atom. The van der Waals surface area contributed by atoms with Crippen LogP contribution in [0.1, 0.15) is 25.0 Å². The molecule has 0 bridgehead atoms. The Morgan fingerprint density at radius 2 is 1.93 bits per heavy atom. The zero-order chi connectivity index (χ0) is 30.7. The number of allylic oxidation sites excluding steroid dienone is 1. The van der Waals surface area contributed by atoms with Gasteiger partial charge in [-0.05, 0) is 68.2 Å². The van der Waals surface area contributed by atoms with Gasteiger partial charge in [0.25, 0.3) is 11.7 Å². The number of carboxylic acid groups (broad SMARTS) is 1. The van der Waals surface area contributed by atoms with Crippen LogP contribution in [0.5, 0.6) is 5.75 Å². The molecule has 3 aromatic rings. The van der Waals surface area contributed by atoms with Crippen molar-refractivity contribution in [3.8, 4) is 17.1 Å². The number of aromatic nitrogens is 4. The number of carbonyl (C=O) groups excluding carboxylic acids is 3. The quantitative estimate of drug-likeness (QED) is 0.105. The van der Waals surface area contributed by atoms with Crippen molar-refractivity contribution in [1.82, 2.24) is 34.7 Å². The van der Waals surface area contributed by atoms with Crippen molar-refractivity contribution in [2.24, 2.45) is 0 Å². The summed E-state index contributed by atoms with van der Waals surface area (Å²) in [5.74, 6) is -0.994. The summed E-state index contributed by atoms with van der Waals surface area (Å²) in [7, 11) is 0. The van der Waals surface area contributed by atoms with Crippen LogP contribution in [0, 0.1) is 6.92 Å². The molecule has 45 heavy (non-hydrogen) atoms. The van der Waals surface area contributed by atoms with E-state index in [0.717, 1.165) is 12.8 Å². The van der Waals surface area contributed by atoms with Crippen LogP contribution in [0.2, 0.25) is 0 Å². The van der Waals surface area contributed by atoms with Gasteiger partial charge in [-0.1, -0.05) is 11.8 Å². The summed E-state index contributed by atoms with van der Waals surface area (Å²) in [5, 5.41) is 27.0. The first-order valence-electron chi connectivity index (χ1n) is 14.1. The van der Waals surface area contributed by atoms with E-state index >= 15 is 0 Å². The van der Waals surface area contributed by atoms with Gasteiger partial charge in [0.1, 0.15) is 27.9 Å². The molecule has 5 heterocycles. The molecule has 228 valence electrons. The number of likely N-dealkylation sites (tertiary alicyclic amines) is 1. The topological polar surface area (TPSA) is 170 Å². The number of aryl methyl sites for hydroxylation is 1. The molecule has 3 amide bonds. The normalized spacial score (nSPS) is 22.0. The van der Waals surface area contributed by atoms with Crippen LogP contribution in [0.15, 0.2) is 58.3 Å². The molecule has 2 aromatic heterocycles. The molecule has 1 saturated carbocycles. The van der Waals surface area contributed by atoms with Gasteiger partial charge in [-0.15, -0.1) is 16.9 Å². The van der Waals surface area contributed by atoms with Gasteiger partial charge in [-0.2, -0.15) is 9.50 Å². The van der Waals surface area contributed by atoms with Crippen molar-refractivity contribution >= 4 is 82.5 Å². The van der Waals surface area contributed by atoms with Crippen molar-refractivity contribution in [3.63, 3.8) is 0 Å². The van der Waals surface area contributed by atoms with Crippen molar-refractivity contribution < 1.29 is 29.4 Å². The van der Waals surface area contributed by atoms with Crippen LogP contribution in [0.4, 0.5) is 0 Å². The van der Waals surface area contributed by atoms with Gasteiger partial charge in [0.15, 0.2) is 5.82 Å². The zero-order valence-corrected chi connectivity index (χ0v) is 25.1. The number of hydrogen-bond acceptors (Lipinski definition) is 10. The number of phenols is 1. The van der Waals surface area contributed by atoms with Crippen molar-refractivity contribution in [3.05, 3.63) is 58.9 Å². The van der Waals surface area contributed by atoms with Gasteiger partial charge in [0.2, 0.25) is 11.8 Å². The van der Waals surface area contributed by atoms with Gasteiger partial charge in [-0.3, -0.25) is 19.3 Å². The standard InChI is InChI=1S/C29H27N7O6S2.Na.H/c1-14-10-21(36-29(30-14)32-24(33-36)15-2-6-19(37)7-3-15)43-13-20(38)31-22-26(40)35-23(28(41)42)17(12-44-27(22)35)11-16-8-9-34(25(16)39)18-4-5-18;;/h2-3,6-7,10-11,18,22,27,37H,4-5,8-9,12-13H2,1H3,(H,31,38)(H,41,42);;/b16-11+;;/t22-,27-;;/m1../s1. The fraction of sp³-hybridized carbons (Fsp3) is 0.345. The molecule has 1 aromatic carbocycles. The average molecular weight is 658 g/mol. The van der Waals surface area contributed by atoms with E-state index in [1.807, 2.05) is 11.8 Å². The summed E-state index contributed by atoms with van der Waals surface area (Å²) in [6.07, 6.45) is 4.20. The third-order valence-corrected chi connectivity index (χ3v) is 10.2. The zero-order valence-electron chi connectivity index (χ0n) is 23.5. The summed E-state index contributed by atoms with van der Waals surface area (Å²) in [4.78, 5) is 63.2. The second-order valence-corrected chi connectivity index (χ2v) is 13.1. The summed E-state index contributed by atoms with van der Waals surface area (Å²) >= 11 is 2.58. The maximum atomic E-state index is 13.1. The fourth-order valence-electron chi connectivity index (χ4n) is 5.61. The first-order chi connectivity index (χ1) is 21.2. The van der Waals surface area contributed by atoms with E-state index in [1.165, 1.54) is 28.4 Å². The number of phenolic OH excluding ortho intramolecular Hbond substituents is 1. The fourth-order valence-corrected chi connectivity index (χ4v) is 7.78. The number of hydrogen-bond donors (Lipinski definition) is 3. The van der Waals surface area contributed by atoms with Crippen molar-refractivity contribution in [1.29, 1.82) is 0 Å². The van der Waals surface area contributed by atoms with E-state index in [9.17, 15) is 29.4 Å². The number of β-lactam (4-membered cyclic amide) rings is 1. The number of carbonyl (C=O) groups is 4. The van der Waals surface area contributed by atoms with Crippen molar-refractivity contribution in [2.75, 3.05) is 18.1 Å². The van der Waals surface area contributed by atoms with Crippen LogP contribution in [0.25, 0.3) is 17.2 Å². The first-order valence-corrected chi connectivity index (χ1v) is 16.1. The second kappa shape index (κ2) is 12.4. The Bertz CT molecular complexity index is 1810. The minimum atomic E-state index is -1.24. The van der Waals surface area contributed by atoms with E-state index in [1.54, 1.807) is 40.9 Å². The Labute approximate surface area is 287 Å². The molecule has 0 unspecified atom stereocenters. The molecule has 16 heteroatoms. The van der Waals surface area contributed by atoms with Crippen LogP contribution >= 0.6 is 23.5 Å². The molecule has 7 rings (SSSR count). The Hall–Kier alpha value is -3.37. The second-order valence-electron chi connectivity index (χ2n) is 11.0. The van der Waals surface area contributed by atoms with Crippen LogP contribution < -0.4 is 5.32 Å². The molecule has 3 N–H and O–H groups in total. The molecule has 3 aliphatic heterocycles. The number of aromatic hydroxyl groups is 1. The molecule has 3 fully saturated rings. The number of carboxylic acids is 1. The summed E-state index contributed by atoms with van der Waals surface area (Å²) in [6, 6.07) is 7.69. The molecule has 0 radical (unpaired) electrons. The molecule has 1 aliphatic carbocycles. The first kappa shape index (κ1) is 31.6. The third-order valence-electron chi connectivity index (χ3n) is 7.89. The summed E-state index contributed by atoms with van der Waals surface area (Å²) in [6.45, 7) is 2.45. The molecule has 0 spiro atoms. The number of thioether (sulfide) groups is 2. The number of fused-ring (bicyclic) bond motifs is 2. The van der Waals surface area contributed by atoms with Gasteiger partial charge in [0.05, 0.1) is 5.75 Å². The van der Waals surface area contributed by atoms with E-state index in [0.29, 0.717) is 63.8 Å². The maximum absolute atomic E-state index is 13.1. The van der Waals surface area contributed by atoms with Crippen LogP contribution in [-0.4, -0.2) is 128 Å². The number of benzene rings is 1. The Kier molecular flexibility index (Phi) is 8.73. The number of amides is 3. The number of nitrogens with one attached hydrogen (secondary N) is 1. The molecule has 4 aliphatic rings. The van der Waals surface area contributed by atoms with Gasteiger partial charge in [0, 0.05) is 35.2 Å². The van der Waals surface area contributed by atoms with Gasteiger partial charge < -0.3 is 20.4 Å². The average Bonchev–Trinajstić information content (AvgIpc) is 3.65. The van der Waals surface area contributed by atoms with Gasteiger partial charge >= 0.3 is 35.5 Å². The number of nitrogens with zero attached hydrogens (tertiary/aromatic N) is 6. The predicted octanol–water partition coefficient (Wildman–Crippen LogP) is 1.31. The number of rotatable bonds is 8. The molecule has 2 atom stereocenters. The van der Waals surface area contributed by atoms with Gasteiger partial charge in [-0.25, -0.2) is 9.78 Å². The van der Waals surface area contributed by atoms with Crippen LogP contribution in [0.3, 0.4) is 0 Å². The predicted molar refractivity (Wildman–Crippen MR) is 168 cm³/mol. The summed E-state index contributed by atoms with van der Waals surface area (Å²) < 4.78 is 1.54. The van der Waals surface area contributed by atoms with E-state index < -0.39 is 23.3 Å². The third kappa shape index (κ3) is 5.99. The van der Waals surface area contributed by atoms with Crippen LogP contribution in [-0.2, 0) is 19.2 Å². The molecular formula is C29H28N7NaO6S2. The van der Waals surface area contributed by atoms with E-state index in [4.69, 9.17) is 0 Å². The van der Waals surface area contributed by atoms with Crippen molar-refractivity contribution in [2.45, 2.75) is 48.7 Å². The molecule has 2 saturated heterocycles. The van der Waals surface area contributed by atoms with E-state index in [-0.39, 0.29) is 58.6 Å². The Balaban J connectivity index is 0.00000357. The SMILES string of the molecule is Cc1cc(SCC(=O)N[C@@H]2C(=O)N3C(C(=O)O)=C(/C=C4\CCN(C5CC5)C4=O)CS[C@H]23)n2nc(-c3ccc(O)cc3)nc2n1.[NaH].